The molecule has 1 aromatic carbocycles. The van der Waals surface area contributed by atoms with Crippen LogP contribution in [0.5, 0.6) is 0 Å². The highest BCUT2D eigenvalue weighted by Crippen LogP contribution is 2.14. The van der Waals surface area contributed by atoms with E-state index in [1.807, 2.05) is 0 Å². The molecule has 0 spiro atoms. The average molecular weight is 317 g/mol. The standard InChI is InChI=1S/C19H31N3O/c1-5-20-18(22-11-6-7-12-22)21-14-16-9-8-10-17(13-16)15-23-19(2,3)4/h8-10,13H,5-7,11-12,14-15H2,1-4H3,(H,20,21). The Bertz CT molecular complexity index is 514. The molecule has 0 atom stereocenters. The second kappa shape index (κ2) is 8.34. The molecule has 0 saturated carbocycles. The number of rotatable bonds is 5. The molecule has 0 amide bonds. The summed E-state index contributed by atoms with van der Waals surface area (Å²) in [5.74, 6) is 1.04. The molecule has 4 heteroatoms. The number of benzene rings is 1. The van der Waals surface area contributed by atoms with E-state index in [-0.39, 0.29) is 5.60 Å². The van der Waals surface area contributed by atoms with E-state index < -0.39 is 0 Å². The van der Waals surface area contributed by atoms with Crippen molar-refractivity contribution in [2.45, 2.75) is 59.3 Å². The van der Waals surface area contributed by atoms with Gasteiger partial charge >= 0.3 is 0 Å². The second-order valence-corrected chi connectivity index (χ2v) is 7.09. The Kier molecular flexibility index (Phi) is 6.46. The van der Waals surface area contributed by atoms with Crippen molar-refractivity contribution in [1.82, 2.24) is 10.2 Å². The van der Waals surface area contributed by atoms with Gasteiger partial charge in [-0.3, -0.25) is 0 Å². The number of hydrogen-bond acceptors (Lipinski definition) is 2. The fourth-order valence-corrected chi connectivity index (χ4v) is 2.64. The Labute approximate surface area is 140 Å². The van der Waals surface area contributed by atoms with Crippen LogP contribution in [-0.2, 0) is 17.9 Å². The van der Waals surface area contributed by atoms with Gasteiger partial charge < -0.3 is 15.0 Å². The van der Waals surface area contributed by atoms with Gasteiger partial charge in [-0.15, -0.1) is 0 Å². The topological polar surface area (TPSA) is 36.9 Å². The average Bonchev–Trinajstić information content (AvgIpc) is 3.03. The molecular formula is C19H31N3O. The first-order valence-electron chi connectivity index (χ1n) is 8.73. The van der Waals surface area contributed by atoms with Crippen LogP contribution in [0.3, 0.4) is 0 Å². The van der Waals surface area contributed by atoms with Crippen molar-refractivity contribution in [1.29, 1.82) is 0 Å². The van der Waals surface area contributed by atoms with Gasteiger partial charge in [-0.2, -0.15) is 0 Å². The summed E-state index contributed by atoms with van der Waals surface area (Å²) >= 11 is 0. The molecule has 1 aliphatic rings. The van der Waals surface area contributed by atoms with Crippen LogP contribution in [0.4, 0.5) is 0 Å². The molecule has 1 fully saturated rings. The maximum Gasteiger partial charge on any atom is 0.194 e. The third-order valence-electron chi connectivity index (χ3n) is 3.82. The number of aliphatic imine (C=N–C) groups is 1. The lowest BCUT2D eigenvalue weighted by atomic mass is 10.1. The van der Waals surface area contributed by atoms with Crippen LogP contribution < -0.4 is 5.32 Å². The fraction of sp³-hybridized carbons (Fsp3) is 0.632. The normalized spacial score (nSPS) is 16.0. The molecule has 2 rings (SSSR count). The molecule has 0 radical (unpaired) electrons. The Morgan fingerprint density at radius 2 is 1.91 bits per heavy atom. The molecule has 4 nitrogen and oxygen atoms in total. The van der Waals surface area contributed by atoms with Gasteiger partial charge in [-0.05, 0) is 51.7 Å². The van der Waals surface area contributed by atoms with Crippen LogP contribution in [-0.4, -0.2) is 36.1 Å². The molecule has 1 heterocycles. The molecule has 128 valence electrons. The quantitative estimate of drug-likeness (QED) is 0.666. The Balaban J connectivity index is 1.99. The maximum absolute atomic E-state index is 5.86. The fourth-order valence-electron chi connectivity index (χ4n) is 2.64. The predicted octanol–water partition coefficient (Wildman–Crippen LogP) is 3.56. The third kappa shape index (κ3) is 6.22. The van der Waals surface area contributed by atoms with Gasteiger partial charge in [-0.25, -0.2) is 4.99 Å². The minimum atomic E-state index is -0.109. The van der Waals surface area contributed by atoms with E-state index in [9.17, 15) is 0 Å². The largest absolute Gasteiger partial charge is 0.371 e. The molecule has 0 aliphatic carbocycles. The van der Waals surface area contributed by atoms with E-state index in [0.29, 0.717) is 13.2 Å². The summed E-state index contributed by atoms with van der Waals surface area (Å²) in [5.41, 5.74) is 2.33. The first kappa shape index (κ1) is 17.8. The van der Waals surface area contributed by atoms with Gasteiger partial charge in [0.05, 0.1) is 18.8 Å². The number of nitrogens with one attached hydrogen (secondary N) is 1. The summed E-state index contributed by atoms with van der Waals surface area (Å²) in [6, 6.07) is 8.54. The van der Waals surface area contributed by atoms with Crippen LogP contribution in [0.25, 0.3) is 0 Å². The van der Waals surface area contributed by atoms with Crippen molar-refractivity contribution in [2.24, 2.45) is 4.99 Å². The van der Waals surface area contributed by atoms with Gasteiger partial charge in [0.25, 0.3) is 0 Å². The van der Waals surface area contributed by atoms with E-state index in [4.69, 9.17) is 9.73 Å². The van der Waals surface area contributed by atoms with Crippen molar-refractivity contribution in [3.05, 3.63) is 35.4 Å². The third-order valence-corrected chi connectivity index (χ3v) is 3.82. The molecular weight excluding hydrogens is 286 g/mol. The summed E-state index contributed by atoms with van der Waals surface area (Å²) in [6.45, 7) is 12.9. The van der Waals surface area contributed by atoms with Crippen LogP contribution in [0, 0.1) is 0 Å². The Morgan fingerprint density at radius 3 is 2.57 bits per heavy atom. The van der Waals surface area contributed by atoms with Gasteiger partial charge in [0.15, 0.2) is 5.96 Å². The summed E-state index contributed by atoms with van der Waals surface area (Å²) in [6.07, 6.45) is 2.54. The number of hydrogen-bond donors (Lipinski definition) is 1. The Morgan fingerprint density at radius 1 is 1.22 bits per heavy atom. The van der Waals surface area contributed by atoms with Crippen molar-refractivity contribution in [3.8, 4) is 0 Å². The second-order valence-electron chi connectivity index (χ2n) is 7.09. The van der Waals surface area contributed by atoms with Crippen LogP contribution >= 0.6 is 0 Å². The van der Waals surface area contributed by atoms with E-state index in [1.54, 1.807) is 0 Å². The molecule has 1 aromatic rings. The van der Waals surface area contributed by atoms with E-state index in [0.717, 1.165) is 25.6 Å². The van der Waals surface area contributed by atoms with Crippen LogP contribution in [0.2, 0.25) is 0 Å². The van der Waals surface area contributed by atoms with E-state index in [2.05, 4.69) is 62.2 Å². The first-order chi connectivity index (χ1) is 11.0. The highest BCUT2D eigenvalue weighted by molar-refractivity contribution is 5.80. The zero-order valence-electron chi connectivity index (χ0n) is 15.1. The zero-order chi connectivity index (χ0) is 16.7. The number of likely N-dealkylation sites (tertiary alicyclic amines) is 1. The number of guanidine groups is 1. The lowest BCUT2D eigenvalue weighted by molar-refractivity contribution is -0.0149. The van der Waals surface area contributed by atoms with Gasteiger partial charge in [0.2, 0.25) is 0 Å². The molecule has 1 aliphatic heterocycles. The highest BCUT2D eigenvalue weighted by Gasteiger charge is 2.15. The van der Waals surface area contributed by atoms with Gasteiger partial charge in [0.1, 0.15) is 0 Å². The van der Waals surface area contributed by atoms with Crippen LogP contribution in [0.1, 0.15) is 51.7 Å². The van der Waals surface area contributed by atoms with E-state index in [1.165, 1.54) is 24.0 Å². The SMILES string of the molecule is CCNC(=NCc1cccc(COC(C)(C)C)c1)N1CCCC1. The summed E-state index contributed by atoms with van der Waals surface area (Å²) in [7, 11) is 0. The monoisotopic (exact) mass is 317 g/mol. The molecule has 0 bridgehead atoms. The van der Waals surface area contributed by atoms with Crippen LogP contribution in [0.15, 0.2) is 29.3 Å². The molecule has 1 N–H and O–H groups in total. The summed E-state index contributed by atoms with van der Waals surface area (Å²) < 4.78 is 5.86. The summed E-state index contributed by atoms with van der Waals surface area (Å²) in [5, 5.41) is 3.41. The molecule has 23 heavy (non-hydrogen) atoms. The summed E-state index contributed by atoms with van der Waals surface area (Å²) in [4.78, 5) is 7.16. The van der Waals surface area contributed by atoms with Crippen molar-refractivity contribution >= 4 is 5.96 Å². The highest BCUT2D eigenvalue weighted by atomic mass is 16.5. The lowest BCUT2D eigenvalue weighted by Gasteiger charge is -2.21. The van der Waals surface area contributed by atoms with Gasteiger partial charge in [-0.1, -0.05) is 24.3 Å². The van der Waals surface area contributed by atoms with Crippen molar-refractivity contribution < 1.29 is 4.74 Å². The van der Waals surface area contributed by atoms with Crippen molar-refractivity contribution in [3.63, 3.8) is 0 Å². The maximum atomic E-state index is 5.86. The Hall–Kier alpha value is -1.55. The lowest BCUT2D eigenvalue weighted by Crippen LogP contribution is -2.39. The molecule has 0 unspecified atom stereocenters. The van der Waals surface area contributed by atoms with Gasteiger partial charge in [0, 0.05) is 19.6 Å². The molecule has 1 saturated heterocycles. The first-order valence-corrected chi connectivity index (χ1v) is 8.73. The number of nitrogens with zero attached hydrogens (tertiary/aromatic N) is 2. The minimum absolute atomic E-state index is 0.109. The smallest absolute Gasteiger partial charge is 0.194 e. The van der Waals surface area contributed by atoms with E-state index >= 15 is 0 Å². The molecule has 0 aromatic heterocycles. The predicted molar refractivity (Wildman–Crippen MR) is 96.6 cm³/mol. The zero-order valence-corrected chi connectivity index (χ0v) is 15.1. The number of ether oxygens (including phenoxy) is 1. The van der Waals surface area contributed by atoms with Crippen molar-refractivity contribution in [2.75, 3.05) is 19.6 Å². The minimum Gasteiger partial charge on any atom is -0.371 e.